The van der Waals surface area contributed by atoms with Crippen LogP contribution in [-0.2, 0) is 9.59 Å². The Morgan fingerprint density at radius 1 is 0.900 bits per heavy atom. The van der Waals surface area contributed by atoms with Crippen molar-refractivity contribution >= 4 is 40.4 Å². The highest BCUT2D eigenvalue weighted by atomic mass is 35.5. The van der Waals surface area contributed by atoms with Crippen molar-refractivity contribution in [2.45, 2.75) is 13.8 Å². The highest BCUT2D eigenvalue weighted by Gasteiger charge is 2.40. The van der Waals surface area contributed by atoms with Gasteiger partial charge in [-0.2, -0.15) is 0 Å². The number of benzene rings is 3. The van der Waals surface area contributed by atoms with Crippen LogP contribution >= 0.6 is 11.6 Å². The van der Waals surface area contributed by atoms with Crippen molar-refractivity contribution in [3.05, 3.63) is 100.0 Å². The molecule has 0 aliphatic carbocycles. The van der Waals surface area contributed by atoms with Crippen LogP contribution in [0, 0.1) is 19.7 Å². The molecule has 150 valence electrons. The predicted molar refractivity (Wildman–Crippen MR) is 117 cm³/mol. The van der Waals surface area contributed by atoms with Crippen molar-refractivity contribution in [3.8, 4) is 0 Å². The molecule has 0 fully saturated rings. The Morgan fingerprint density at radius 3 is 2.30 bits per heavy atom. The lowest BCUT2D eigenvalue weighted by Gasteiger charge is -2.16. The van der Waals surface area contributed by atoms with Crippen LogP contribution in [0.1, 0.15) is 16.7 Å². The molecule has 0 spiro atoms. The van der Waals surface area contributed by atoms with Crippen LogP contribution in [0.25, 0.3) is 5.57 Å². The number of nitrogens with zero attached hydrogens (tertiary/aromatic N) is 1. The highest BCUT2D eigenvalue weighted by Crippen LogP contribution is 2.34. The van der Waals surface area contributed by atoms with Crippen LogP contribution in [0.5, 0.6) is 0 Å². The van der Waals surface area contributed by atoms with Crippen molar-refractivity contribution in [1.82, 2.24) is 0 Å². The molecule has 0 saturated heterocycles. The van der Waals surface area contributed by atoms with Gasteiger partial charge in [-0.15, -0.1) is 0 Å². The minimum absolute atomic E-state index is 0.138. The molecule has 4 rings (SSSR count). The monoisotopic (exact) mass is 420 g/mol. The summed E-state index contributed by atoms with van der Waals surface area (Å²) in [5, 5.41) is 3.68. The molecule has 0 aromatic heterocycles. The molecule has 3 aromatic rings. The van der Waals surface area contributed by atoms with Gasteiger partial charge in [0.25, 0.3) is 11.8 Å². The van der Waals surface area contributed by atoms with Gasteiger partial charge in [-0.3, -0.25) is 9.59 Å². The zero-order chi connectivity index (χ0) is 21.4. The number of halogens is 2. The third kappa shape index (κ3) is 3.60. The lowest BCUT2D eigenvalue weighted by Crippen LogP contribution is -2.32. The quantitative estimate of drug-likeness (QED) is 0.567. The summed E-state index contributed by atoms with van der Waals surface area (Å²) in [6, 6.07) is 18.0. The lowest BCUT2D eigenvalue weighted by atomic mass is 10.0. The summed E-state index contributed by atoms with van der Waals surface area (Å²) in [5.74, 6) is -1.58. The van der Waals surface area contributed by atoms with Gasteiger partial charge in [0.2, 0.25) is 0 Å². The minimum Gasteiger partial charge on any atom is -0.350 e. The van der Waals surface area contributed by atoms with Crippen LogP contribution in [0.2, 0.25) is 5.02 Å². The molecule has 3 aromatic carbocycles. The number of carbonyl (C=O) groups is 2. The van der Waals surface area contributed by atoms with E-state index in [9.17, 15) is 14.0 Å². The molecular formula is C24H18ClFN2O2. The third-order valence-corrected chi connectivity index (χ3v) is 5.17. The van der Waals surface area contributed by atoms with Gasteiger partial charge >= 0.3 is 0 Å². The Bertz CT molecular complexity index is 1200. The molecule has 1 heterocycles. The van der Waals surface area contributed by atoms with E-state index in [1.807, 2.05) is 26.0 Å². The summed E-state index contributed by atoms with van der Waals surface area (Å²) in [6.07, 6.45) is 0. The first kappa shape index (κ1) is 19.9. The van der Waals surface area contributed by atoms with E-state index in [0.717, 1.165) is 16.0 Å². The van der Waals surface area contributed by atoms with E-state index in [1.165, 1.54) is 24.3 Å². The molecule has 1 aliphatic heterocycles. The number of rotatable bonds is 4. The van der Waals surface area contributed by atoms with Gasteiger partial charge in [0.15, 0.2) is 0 Å². The van der Waals surface area contributed by atoms with Crippen LogP contribution in [0.4, 0.5) is 15.8 Å². The Balaban J connectivity index is 1.84. The maximum absolute atomic E-state index is 13.8. The van der Waals surface area contributed by atoms with Crippen molar-refractivity contribution in [3.63, 3.8) is 0 Å². The molecule has 0 bridgehead atoms. The summed E-state index contributed by atoms with van der Waals surface area (Å²) in [6.45, 7) is 3.79. The van der Waals surface area contributed by atoms with Crippen LogP contribution in [0.15, 0.2) is 72.4 Å². The van der Waals surface area contributed by atoms with Gasteiger partial charge < -0.3 is 5.32 Å². The Kier molecular flexibility index (Phi) is 5.14. The molecule has 30 heavy (non-hydrogen) atoms. The number of imide groups is 1. The molecule has 0 atom stereocenters. The number of aryl methyl sites for hydroxylation is 2. The largest absolute Gasteiger partial charge is 0.350 e. The number of amides is 2. The van der Waals surface area contributed by atoms with E-state index in [-0.39, 0.29) is 17.0 Å². The number of carbonyl (C=O) groups excluding carboxylic acids is 2. The molecule has 1 N–H and O–H groups in total. The Hall–Kier alpha value is -3.44. The van der Waals surface area contributed by atoms with Crippen molar-refractivity contribution in [2.75, 3.05) is 10.2 Å². The second kappa shape index (κ2) is 7.76. The second-order valence-corrected chi connectivity index (χ2v) is 7.56. The van der Waals surface area contributed by atoms with Gasteiger partial charge in [-0.1, -0.05) is 47.5 Å². The SMILES string of the molecule is Cc1ccc(C2=C(Nc3ccc(Cl)cc3C)C(=O)N(c3cccc(F)c3)C2=O)cc1. The average Bonchev–Trinajstić information content (AvgIpc) is 2.94. The van der Waals surface area contributed by atoms with Gasteiger partial charge in [0.1, 0.15) is 11.5 Å². The molecule has 6 heteroatoms. The highest BCUT2D eigenvalue weighted by molar-refractivity contribution is 6.46. The first-order chi connectivity index (χ1) is 14.3. The Morgan fingerprint density at radius 2 is 1.63 bits per heavy atom. The average molecular weight is 421 g/mol. The number of anilines is 2. The summed E-state index contributed by atoms with van der Waals surface area (Å²) in [7, 11) is 0. The molecule has 2 amide bonds. The van der Waals surface area contributed by atoms with Crippen molar-refractivity contribution in [2.24, 2.45) is 0 Å². The van der Waals surface area contributed by atoms with Crippen LogP contribution in [0.3, 0.4) is 0 Å². The zero-order valence-electron chi connectivity index (χ0n) is 16.4. The maximum atomic E-state index is 13.8. The van der Waals surface area contributed by atoms with E-state index in [1.54, 1.807) is 30.3 Å². The normalized spacial score (nSPS) is 13.9. The van der Waals surface area contributed by atoms with E-state index in [0.29, 0.717) is 16.3 Å². The molecular weight excluding hydrogens is 403 g/mol. The van der Waals surface area contributed by atoms with E-state index >= 15 is 0 Å². The van der Waals surface area contributed by atoms with Crippen molar-refractivity contribution < 1.29 is 14.0 Å². The summed E-state index contributed by atoms with van der Waals surface area (Å²) in [5.41, 5.74) is 3.66. The van der Waals surface area contributed by atoms with Crippen LogP contribution in [-0.4, -0.2) is 11.8 Å². The number of nitrogens with one attached hydrogen (secondary N) is 1. The lowest BCUT2D eigenvalue weighted by molar-refractivity contribution is -0.120. The number of hydrogen-bond donors (Lipinski definition) is 1. The minimum atomic E-state index is -0.546. The smallest absolute Gasteiger partial charge is 0.282 e. The van der Waals surface area contributed by atoms with Gasteiger partial charge in [-0.25, -0.2) is 9.29 Å². The maximum Gasteiger partial charge on any atom is 0.282 e. The first-order valence-corrected chi connectivity index (χ1v) is 9.72. The van der Waals surface area contributed by atoms with Crippen molar-refractivity contribution in [1.29, 1.82) is 0 Å². The zero-order valence-corrected chi connectivity index (χ0v) is 17.1. The number of hydrogen-bond acceptors (Lipinski definition) is 3. The van der Waals surface area contributed by atoms with E-state index < -0.39 is 17.6 Å². The van der Waals surface area contributed by atoms with E-state index in [4.69, 9.17) is 11.6 Å². The third-order valence-electron chi connectivity index (χ3n) is 4.94. The molecule has 1 aliphatic rings. The fourth-order valence-corrected chi connectivity index (χ4v) is 3.61. The summed E-state index contributed by atoms with van der Waals surface area (Å²) in [4.78, 5) is 27.6. The summed E-state index contributed by atoms with van der Waals surface area (Å²) >= 11 is 6.04. The predicted octanol–water partition coefficient (Wildman–Crippen LogP) is 5.49. The van der Waals surface area contributed by atoms with Crippen LogP contribution < -0.4 is 10.2 Å². The molecule has 0 unspecified atom stereocenters. The fourth-order valence-electron chi connectivity index (χ4n) is 3.39. The van der Waals surface area contributed by atoms with Gasteiger partial charge in [0.05, 0.1) is 11.3 Å². The standard InChI is InChI=1S/C24H18ClFN2O2/c1-14-6-8-16(9-7-14)21-22(27-20-11-10-17(25)12-15(20)2)24(30)28(23(21)29)19-5-3-4-18(26)13-19/h3-13,27H,1-2H3. The van der Waals surface area contributed by atoms with Gasteiger partial charge in [-0.05, 0) is 61.4 Å². The van der Waals surface area contributed by atoms with E-state index in [2.05, 4.69) is 5.32 Å². The van der Waals surface area contributed by atoms with Gasteiger partial charge in [0, 0.05) is 10.7 Å². The Labute approximate surface area is 178 Å². The first-order valence-electron chi connectivity index (χ1n) is 9.34. The summed E-state index contributed by atoms with van der Waals surface area (Å²) < 4.78 is 13.8. The molecule has 0 radical (unpaired) electrons. The molecule has 4 nitrogen and oxygen atoms in total. The topological polar surface area (TPSA) is 49.4 Å². The molecule has 0 saturated carbocycles. The fraction of sp³-hybridized carbons (Fsp3) is 0.0833. The second-order valence-electron chi connectivity index (χ2n) is 7.13.